The van der Waals surface area contributed by atoms with E-state index in [9.17, 15) is 43.2 Å². The Balaban J connectivity index is 5.22. The number of phosphoric ester groups is 2. The van der Waals surface area contributed by atoms with Gasteiger partial charge in [0.2, 0.25) is 0 Å². The first-order chi connectivity index (χ1) is 45.4. The van der Waals surface area contributed by atoms with Gasteiger partial charge in [0.25, 0.3) is 0 Å². The largest absolute Gasteiger partial charge is 0.472 e. The molecular formula is C75H146O17P2. The summed E-state index contributed by atoms with van der Waals surface area (Å²) in [6, 6.07) is 0. The molecule has 3 N–H and O–H groups in total. The predicted molar refractivity (Wildman–Crippen MR) is 381 cm³/mol. The van der Waals surface area contributed by atoms with Gasteiger partial charge in [-0.2, -0.15) is 0 Å². The standard InChI is InChI=1S/C75H146O17P2/c1-7-10-12-14-16-18-19-27-35-41-47-53-59-74(79)91-70(63-85-72(77)57-51-45-39-31-17-15-13-11-8-2)65-89-93(81,82)87-61-69(76)62-88-94(83,84)90-66-71(64-86-73(78)58-52-46-40-34-30-29-33-38-44-50-56-68(6)9-3)92-75(80)60-54-48-42-36-28-25-23-21-20-22-24-26-32-37-43-49-55-67(4)5/h67-71,76H,7-66H2,1-6H3,(H,81,82)(H,83,84)/t68?,69-,70+,71+/m0/s1. The van der Waals surface area contributed by atoms with Gasteiger partial charge in [-0.1, -0.05) is 337 Å². The van der Waals surface area contributed by atoms with E-state index in [1.807, 2.05) is 0 Å². The smallest absolute Gasteiger partial charge is 0.462 e. The van der Waals surface area contributed by atoms with Gasteiger partial charge in [0.05, 0.1) is 26.4 Å². The summed E-state index contributed by atoms with van der Waals surface area (Å²) in [5.41, 5.74) is 0. The second-order valence-corrected chi connectivity index (χ2v) is 30.7. The number of aliphatic hydroxyl groups is 1. The molecule has 0 saturated heterocycles. The number of hydrogen-bond acceptors (Lipinski definition) is 15. The van der Waals surface area contributed by atoms with E-state index in [1.54, 1.807) is 0 Å². The number of unbranched alkanes of at least 4 members (excludes halogenated alkanes) is 43. The first-order valence-electron chi connectivity index (χ1n) is 39.0. The summed E-state index contributed by atoms with van der Waals surface area (Å²) in [6.45, 7) is 9.63. The number of hydrogen-bond donors (Lipinski definition) is 3. The second-order valence-electron chi connectivity index (χ2n) is 27.8. The fraction of sp³-hybridized carbons (Fsp3) is 0.947. The Labute approximate surface area is 575 Å². The Hall–Kier alpha value is -1.94. The van der Waals surface area contributed by atoms with Gasteiger partial charge < -0.3 is 33.8 Å². The molecule has 0 saturated carbocycles. The van der Waals surface area contributed by atoms with Gasteiger partial charge in [-0.05, 0) is 37.5 Å². The van der Waals surface area contributed by atoms with Crippen molar-refractivity contribution in [2.24, 2.45) is 11.8 Å². The van der Waals surface area contributed by atoms with Gasteiger partial charge in [0.15, 0.2) is 12.2 Å². The minimum absolute atomic E-state index is 0.107. The van der Waals surface area contributed by atoms with Crippen LogP contribution in [0.5, 0.6) is 0 Å². The molecule has 0 aliphatic carbocycles. The third-order valence-electron chi connectivity index (χ3n) is 17.8. The lowest BCUT2D eigenvalue weighted by atomic mass is 9.99. The van der Waals surface area contributed by atoms with Gasteiger partial charge in [0, 0.05) is 25.7 Å². The first kappa shape index (κ1) is 92.1. The van der Waals surface area contributed by atoms with Crippen LogP contribution in [0.1, 0.15) is 388 Å². The van der Waals surface area contributed by atoms with Crippen molar-refractivity contribution in [3.05, 3.63) is 0 Å². The molecule has 0 bridgehead atoms. The average Bonchev–Trinajstić information content (AvgIpc) is 1.53. The molecule has 94 heavy (non-hydrogen) atoms. The molecule has 6 atom stereocenters. The molecule has 17 nitrogen and oxygen atoms in total. The summed E-state index contributed by atoms with van der Waals surface area (Å²) < 4.78 is 68.4. The molecule has 0 aliphatic heterocycles. The monoisotopic (exact) mass is 1380 g/mol. The minimum atomic E-state index is -4.96. The fourth-order valence-corrected chi connectivity index (χ4v) is 13.0. The van der Waals surface area contributed by atoms with E-state index in [-0.39, 0.29) is 25.7 Å². The van der Waals surface area contributed by atoms with Crippen molar-refractivity contribution in [3.8, 4) is 0 Å². The van der Waals surface area contributed by atoms with E-state index in [4.69, 9.17) is 37.0 Å². The highest BCUT2D eigenvalue weighted by atomic mass is 31.2. The molecule has 3 unspecified atom stereocenters. The van der Waals surface area contributed by atoms with Crippen molar-refractivity contribution in [1.29, 1.82) is 0 Å². The van der Waals surface area contributed by atoms with Crippen LogP contribution < -0.4 is 0 Å². The van der Waals surface area contributed by atoms with Crippen molar-refractivity contribution < 1.29 is 80.2 Å². The quantitative estimate of drug-likeness (QED) is 0.0222. The number of aliphatic hydroxyl groups excluding tert-OH is 1. The Morgan fingerprint density at radius 1 is 0.309 bits per heavy atom. The van der Waals surface area contributed by atoms with Gasteiger partial charge >= 0.3 is 39.5 Å². The van der Waals surface area contributed by atoms with Crippen molar-refractivity contribution in [2.45, 2.75) is 407 Å². The molecule has 0 fully saturated rings. The molecule has 0 spiro atoms. The van der Waals surface area contributed by atoms with Crippen LogP contribution >= 0.6 is 15.6 Å². The maximum Gasteiger partial charge on any atom is 0.472 e. The zero-order chi connectivity index (χ0) is 69.3. The molecular weight excluding hydrogens is 1230 g/mol. The summed E-state index contributed by atoms with van der Waals surface area (Å²) in [4.78, 5) is 72.7. The lowest BCUT2D eigenvalue weighted by molar-refractivity contribution is -0.161. The average molecular weight is 1380 g/mol. The van der Waals surface area contributed by atoms with E-state index in [1.165, 1.54) is 205 Å². The maximum atomic E-state index is 13.1. The van der Waals surface area contributed by atoms with Crippen LogP contribution in [0.3, 0.4) is 0 Å². The molecule has 0 heterocycles. The molecule has 558 valence electrons. The summed E-state index contributed by atoms with van der Waals surface area (Å²) in [6.07, 6.45) is 54.0. The van der Waals surface area contributed by atoms with Crippen LogP contribution in [0.4, 0.5) is 0 Å². The van der Waals surface area contributed by atoms with Gasteiger partial charge in [-0.25, -0.2) is 9.13 Å². The second kappa shape index (κ2) is 66.9. The number of carbonyl (C=O) groups is 4. The number of rotatable bonds is 74. The van der Waals surface area contributed by atoms with Crippen LogP contribution in [0.2, 0.25) is 0 Å². The Kier molecular flexibility index (Phi) is 65.5. The molecule has 0 aromatic carbocycles. The summed E-state index contributed by atoms with van der Waals surface area (Å²) in [7, 11) is -9.91. The molecule has 0 radical (unpaired) electrons. The molecule has 0 amide bonds. The minimum Gasteiger partial charge on any atom is -0.462 e. The number of esters is 4. The Morgan fingerprint density at radius 3 is 0.809 bits per heavy atom. The summed E-state index contributed by atoms with van der Waals surface area (Å²) >= 11 is 0. The topological polar surface area (TPSA) is 237 Å². The van der Waals surface area contributed by atoms with Crippen molar-refractivity contribution in [2.75, 3.05) is 39.6 Å². The van der Waals surface area contributed by atoms with Gasteiger partial charge in [-0.3, -0.25) is 37.3 Å². The van der Waals surface area contributed by atoms with Crippen LogP contribution in [-0.4, -0.2) is 96.7 Å². The third-order valence-corrected chi connectivity index (χ3v) is 19.7. The van der Waals surface area contributed by atoms with E-state index in [0.29, 0.717) is 25.7 Å². The number of carbonyl (C=O) groups excluding carboxylic acids is 4. The van der Waals surface area contributed by atoms with E-state index >= 15 is 0 Å². The number of ether oxygens (including phenoxy) is 4. The maximum absolute atomic E-state index is 13.1. The normalized spacial score (nSPS) is 14.3. The van der Waals surface area contributed by atoms with Crippen LogP contribution in [0.25, 0.3) is 0 Å². The van der Waals surface area contributed by atoms with Crippen molar-refractivity contribution >= 4 is 39.5 Å². The SMILES string of the molecule is CCCCCCCCCCCCCCC(=O)O[C@H](COC(=O)CCCCCCCCCCC)COP(=O)(O)OC[C@H](O)COP(=O)(O)OC[C@@H](COC(=O)CCCCCCCCCCCCC(C)CC)OC(=O)CCCCCCCCCCCCCCCCCCC(C)C. The van der Waals surface area contributed by atoms with E-state index < -0.39 is 97.5 Å². The zero-order valence-corrected chi connectivity index (χ0v) is 63.1. The van der Waals surface area contributed by atoms with Crippen LogP contribution in [0.15, 0.2) is 0 Å². The van der Waals surface area contributed by atoms with E-state index in [0.717, 1.165) is 102 Å². The van der Waals surface area contributed by atoms with Crippen LogP contribution in [0, 0.1) is 11.8 Å². The Bertz CT molecular complexity index is 1820. The lowest BCUT2D eigenvalue weighted by Crippen LogP contribution is -2.30. The highest BCUT2D eigenvalue weighted by Crippen LogP contribution is 2.45. The predicted octanol–water partition coefficient (Wildman–Crippen LogP) is 21.9. The number of phosphoric acid groups is 2. The zero-order valence-electron chi connectivity index (χ0n) is 61.3. The third kappa shape index (κ3) is 67.3. The van der Waals surface area contributed by atoms with E-state index in [2.05, 4.69) is 41.5 Å². The van der Waals surface area contributed by atoms with Gasteiger partial charge in [-0.15, -0.1) is 0 Å². The molecule has 0 aromatic rings. The van der Waals surface area contributed by atoms with Crippen molar-refractivity contribution in [3.63, 3.8) is 0 Å². The summed E-state index contributed by atoms with van der Waals surface area (Å²) in [5, 5.41) is 10.6. The lowest BCUT2D eigenvalue weighted by Gasteiger charge is -2.21. The van der Waals surface area contributed by atoms with Crippen LogP contribution in [-0.2, 0) is 65.4 Å². The van der Waals surface area contributed by atoms with Gasteiger partial charge in [0.1, 0.15) is 19.3 Å². The molecule has 0 rings (SSSR count). The molecule has 0 aromatic heterocycles. The summed E-state index contributed by atoms with van der Waals surface area (Å²) in [5.74, 6) is -0.498. The highest BCUT2D eigenvalue weighted by Gasteiger charge is 2.30. The van der Waals surface area contributed by atoms with Crippen molar-refractivity contribution in [1.82, 2.24) is 0 Å². The highest BCUT2D eigenvalue weighted by molar-refractivity contribution is 7.47. The first-order valence-corrected chi connectivity index (χ1v) is 42.0. The Morgan fingerprint density at radius 2 is 0.543 bits per heavy atom. The molecule has 0 aliphatic rings. The fourth-order valence-electron chi connectivity index (χ4n) is 11.4. The molecule has 19 heteroatoms.